The monoisotopic (exact) mass is 378 g/mol. The molecule has 1 amide bonds. The van der Waals surface area contributed by atoms with E-state index in [9.17, 15) is 4.79 Å². The lowest BCUT2D eigenvalue weighted by Crippen LogP contribution is -2.23. The summed E-state index contributed by atoms with van der Waals surface area (Å²) < 4.78 is 1.14. The number of amides is 1. The maximum Gasteiger partial charge on any atom is 0.227 e. The number of rotatable bonds is 5. The van der Waals surface area contributed by atoms with Crippen LogP contribution in [0.1, 0.15) is 36.2 Å². The number of hydrogen-bond acceptors (Lipinski definition) is 3. The molecule has 1 aromatic heterocycles. The minimum Gasteiger partial charge on any atom is -0.312 e. The van der Waals surface area contributed by atoms with Gasteiger partial charge in [-0.25, -0.2) is 0 Å². The molecule has 1 atom stereocenters. The molecule has 1 unspecified atom stereocenters. The highest BCUT2D eigenvalue weighted by molar-refractivity contribution is 9.10. The summed E-state index contributed by atoms with van der Waals surface area (Å²) in [5, 5.41) is 5.64. The van der Waals surface area contributed by atoms with Gasteiger partial charge in [-0.3, -0.25) is 4.79 Å². The third-order valence-electron chi connectivity index (χ3n) is 3.98. The molecule has 5 heteroatoms. The second-order valence-electron chi connectivity index (χ2n) is 5.57. The topological polar surface area (TPSA) is 32.3 Å². The molecule has 0 spiro atoms. The smallest absolute Gasteiger partial charge is 0.227 e. The Morgan fingerprint density at radius 1 is 1.36 bits per heavy atom. The van der Waals surface area contributed by atoms with Crippen LogP contribution in [-0.4, -0.2) is 12.5 Å². The van der Waals surface area contributed by atoms with Crippen molar-refractivity contribution in [2.24, 2.45) is 0 Å². The molecule has 1 aliphatic rings. The third-order valence-corrected chi connectivity index (χ3v) is 5.68. The molecule has 0 radical (unpaired) electrons. The molecule has 22 heavy (non-hydrogen) atoms. The van der Waals surface area contributed by atoms with Gasteiger partial charge in [-0.05, 0) is 53.0 Å². The molecular formula is C17H19BrN2OS. The Hall–Kier alpha value is -1.17. The van der Waals surface area contributed by atoms with E-state index in [2.05, 4.69) is 63.9 Å². The fraction of sp³-hybridized carbons (Fsp3) is 0.353. The summed E-state index contributed by atoms with van der Waals surface area (Å²) in [6.45, 7) is 3.88. The summed E-state index contributed by atoms with van der Waals surface area (Å²) >= 11 is 5.23. The van der Waals surface area contributed by atoms with Crippen molar-refractivity contribution >= 4 is 38.9 Å². The molecule has 1 aliphatic heterocycles. The van der Waals surface area contributed by atoms with Gasteiger partial charge in [-0.2, -0.15) is 0 Å². The Balaban J connectivity index is 1.60. The number of thiophene rings is 1. The average Bonchev–Trinajstić information content (AvgIpc) is 3.13. The molecular weight excluding hydrogens is 360 g/mol. The van der Waals surface area contributed by atoms with Crippen LogP contribution in [0.4, 0.5) is 5.69 Å². The van der Waals surface area contributed by atoms with Gasteiger partial charge in [0.1, 0.15) is 0 Å². The van der Waals surface area contributed by atoms with Gasteiger partial charge >= 0.3 is 0 Å². The number of carbonyl (C=O) groups is 1. The zero-order chi connectivity index (χ0) is 15.5. The molecule has 3 nitrogen and oxygen atoms in total. The minimum atomic E-state index is 0.238. The number of halogens is 1. The van der Waals surface area contributed by atoms with Crippen molar-refractivity contribution in [1.82, 2.24) is 5.32 Å². The molecule has 1 aromatic carbocycles. The van der Waals surface area contributed by atoms with Crippen LogP contribution >= 0.6 is 27.3 Å². The lowest BCUT2D eigenvalue weighted by molar-refractivity contribution is -0.117. The summed E-state index contributed by atoms with van der Waals surface area (Å²) in [5.74, 6) is 0.238. The first-order valence-corrected chi connectivity index (χ1v) is 9.17. The third kappa shape index (κ3) is 3.59. The molecule has 116 valence electrons. The van der Waals surface area contributed by atoms with Crippen LogP contribution in [0.3, 0.4) is 0 Å². The number of nitrogens with zero attached hydrogens (tertiary/aromatic N) is 1. The van der Waals surface area contributed by atoms with Crippen molar-refractivity contribution in [3.8, 4) is 0 Å². The van der Waals surface area contributed by atoms with Gasteiger partial charge in [0.25, 0.3) is 0 Å². The van der Waals surface area contributed by atoms with Crippen molar-refractivity contribution in [2.45, 2.75) is 32.4 Å². The van der Waals surface area contributed by atoms with Crippen molar-refractivity contribution in [3.63, 3.8) is 0 Å². The zero-order valence-electron chi connectivity index (χ0n) is 12.5. The lowest BCUT2D eigenvalue weighted by atomic mass is 10.1. The van der Waals surface area contributed by atoms with Crippen LogP contribution in [0.25, 0.3) is 0 Å². The Kier molecular flexibility index (Phi) is 4.96. The largest absolute Gasteiger partial charge is 0.312 e. The summed E-state index contributed by atoms with van der Waals surface area (Å²) in [4.78, 5) is 15.0. The van der Waals surface area contributed by atoms with Crippen LogP contribution < -0.4 is 10.2 Å². The number of nitrogens with one attached hydrogen (secondary N) is 1. The van der Waals surface area contributed by atoms with Crippen LogP contribution in [-0.2, 0) is 11.3 Å². The maximum atomic E-state index is 11.8. The molecule has 1 fully saturated rings. The van der Waals surface area contributed by atoms with Crippen molar-refractivity contribution in [2.75, 3.05) is 11.4 Å². The van der Waals surface area contributed by atoms with E-state index in [4.69, 9.17) is 0 Å². The molecule has 0 saturated carbocycles. The highest BCUT2D eigenvalue weighted by Gasteiger charge is 2.21. The Morgan fingerprint density at radius 3 is 2.73 bits per heavy atom. The second kappa shape index (κ2) is 6.94. The summed E-state index contributed by atoms with van der Waals surface area (Å²) in [6, 6.07) is 10.8. The number of hydrogen-bond donors (Lipinski definition) is 1. The molecule has 2 aromatic rings. The number of benzene rings is 1. The molecule has 3 rings (SSSR count). The molecule has 1 saturated heterocycles. The van der Waals surface area contributed by atoms with E-state index in [1.807, 2.05) is 4.90 Å². The van der Waals surface area contributed by atoms with Crippen LogP contribution in [0, 0.1) is 0 Å². The van der Waals surface area contributed by atoms with E-state index in [0.29, 0.717) is 6.42 Å². The van der Waals surface area contributed by atoms with Crippen LogP contribution in [0.2, 0.25) is 0 Å². The van der Waals surface area contributed by atoms with Gasteiger partial charge in [0.2, 0.25) is 5.91 Å². The van der Waals surface area contributed by atoms with E-state index in [-0.39, 0.29) is 11.9 Å². The minimum absolute atomic E-state index is 0.238. The fourth-order valence-corrected chi connectivity index (χ4v) is 4.08. The molecule has 1 N–H and O–H groups in total. The zero-order valence-corrected chi connectivity index (χ0v) is 14.9. The lowest BCUT2D eigenvalue weighted by Gasteiger charge is -2.18. The quantitative estimate of drug-likeness (QED) is 0.830. The van der Waals surface area contributed by atoms with Crippen molar-refractivity contribution < 1.29 is 4.79 Å². The number of anilines is 1. The van der Waals surface area contributed by atoms with Gasteiger partial charge in [0, 0.05) is 46.0 Å². The highest BCUT2D eigenvalue weighted by atomic mass is 79.9. The Morgan fingerprint density at radius 2 is 2.14 bits per heavy atom. The van der Waals surface area contributed by atoms with E-state index in [1.165, 1.54) is 10.4 Å². The SMILES string of the molecule is CC(NCc1cc(Br)cs1)c1ccc(N2CCCC2=O)cc1. The van der Waals surface area contributed by atoms with Crippen molar-refractivity contribution in [1.29, 1.82) is 0 Å². The summed E-state index contributed by atoms with van der Waals surface area (Å²) in [5.41, 5.74) is 2.26. The Bertz CT molecular complexity index is 653. The molecule has 2 heterocycles. The van der Waals surface area contributed by atoms with Gasteiger partial charge in [0.15, 0.2) is 0 Å². The number of carbonyl (C=O) groups excluding carboxylic acids is 1. The highest BCUT2D eigenvalue weighted by Crippen LogP contribution is 2.24. The van der Waals surface area contributed by atoms with Gasteiger partial charge < -0.3 is 10.2 Å². The van der Waals surface area contributed by atoms with E-state index in [1.54, 1.807) is 11.3 Å². The van der Waals surface area contributed by atoms with E-state index >= 15 is 0 Å². The van der Waals surface area contributed by atoms with Gasteiger partial charge in [0.05, 0.1) is 0 Å². The average molecular weight is 379 g/mol. The first-order valence-electron chi connectivity index (χ1n) is 7.50. The van der Waals surface area contributed by atoms with Gasteiger partial charge in [-0.15, -0.1) is 11.3 Å². The standard InChI is InChI=1S/C17H19BrN2OS/c1-12(19-10-16-9-14(18)11-22-16)13-4-6-15(7-5-13)20-8-2-3-17(20)21/h4-7,9,11-12,19H,2-3,8,10H2,1H3. The Labute approximate surface area is 143 Å². The maximum absolute atomic E-state index is 11.8. The van der Waals surface area contributed by atoms with Crippen LogP contribution in [0.5, 0.6) is 0 Å². The van der Waals surface area contributed by atoms with Crippen molar-refractivity contribution in [3.05, 3.63) is 50.6 Å². The van der Waals surface area contributed by atoms with Crippen LogP contribution in [0.15, 0.2) is 40.2 Å². The normalized spacial score (nSPS) is 16.3. The summed E-state index contributed by atoms with van der Waals surface area (Å²) in [7, 11) is 0. The summed E-state index contributed by atoms with van der Waals surface area (Å²) in [6.07, 6.45) is 1.64. The van der Waals surface area contributed by atoms with Gasteiger partial charge in [-0.1, -0.05) is 12.1 Å². The first kappa shape index (κ1) is 15.7. The second-order valence-corrected chi connectivity index (χ2v) is 7.49. The predicted molar refractivity (Wildman–Crippen MR) is 95.3 cm³/mol. The first-order chi connectivity index (χ1) is 10.6. The van der Waals surface area contributed by atoms with E-state index in [0.717, 1.165) is 29.7 Å². The van der Waals surface area contributed by atoms with E-state index < -0.39 is 0 Å². The predicted octanol–water partition coefficient (Wildman–Crippen LogP) is 4.49. The molecule has 0 aliphatic carbocycles. The fourth-order valence-electron chi connectivity index (χ4n) is 2.68. The molecule has 0 bridgehead atoms.